The number of rotatable bonds is 10. The summed E-state index contributed by atoms with van der Waals surface area (Å²) in [6.07, 6.45) is 1.72. The van der Waals surface area contributed by atoms with E-state index in [1.54, 1.807) is 29.0 Å². The monoisotopic (exact) mass is 421 g/mol. The van der Waals surface area contributed by atoms with E-state index in [-0.39, 0.29) is 25.8 Å². The van der Waals surface area contributed by atoms with Crippen LogP contribution in [0.15, 0.2) is 24.4 Å². The van der Waals surface area contributed by atoms with Gasteiger partial charge in [-0.05, 0) is 23.2 Å². The van der Waals surface area contributed by atoms with Gasteiger partial charge in [0, 0.05) is 33.5 Å². The molecule has 2 rings (SSSR count). The number of ether oxygens (including phenoxy) is 1. The van der Waals surface area contributed by atoms with E-state index in [1.165, 1.54) is 11.9 Å². The summed E-state index contributed by atoms with van der Waals surface area (Å²) in [6, 6.07) is 6.27. The van der Waals surface area contributed by atoms with E-state index in [2.05, 4.69) is 24.6 Å². The van der Waals surface area contributed by atoms with E-state index in [4.69, 9.17) is 4.74 Å². The quantitative estimate of drug-likeness (QED) is 0.307. The second kappa shape index (κ2) is 10.1. The average molecular weight is 422 g/mol. The molecular formula is C20H31N3O5Si. The number of aliphatic hydroxyl groups excluding tert-OH is 3. The number of nitrogens with zero attached hydrogens (tertiary/aromatic N) is 3. The predicted octanol–water partition coefficient (Wildman–Crippen LogP) is 1.87. The van der Waals surface area contributed by atoms with Crippen LogP contribution < -0.4 is 0 Å². The van der Waals surface area contributed by atoms with Crippen LogP contribution in [0.25, 0.3) is 11.3 Å². The number of carbonyl (C=O) groups is 1. The van der Waals surface area contributed by atoms with Crippen molar-refractivity contribution in [2.24, 2.45) is 0 Å². The van der Waals surface area contributed by atoms with Crippen LogP contribution in [0.1, 0.15) is 21.7 Å². The molecule has 0 saturated heterocycles. The van der Waals surface area contributed by atoms with Crippen LogP contribution in [0.4, 0.5) is 0 Å². The van der Waals surface area contributed by atoms with E-state index < -0.39 is 20.7 Å². The van der Waals surface area contributed by atoms with Crippen molar-refractivity contribution in [2.45, 2.75) is 45.6 Å². The lowest BCUT2D eigenvalue weighted by molar-refractivity contribution is 0.0563. The van der Waals surface area contributed by atoms with Gasteiger partial charge in [0.2, 0.25) is 5.82 Å². The summed E-state index contributed by atoms with van der Waals surface area (Å²) in [6.45, 7) is 6.80. The van der Waals surface area contributed by atoms with Gasteiger partial charge in [-0.25, -0.2) is 4.98 Å². The lowest BCUT2D eigenvalue weighted by Gasteiger charge is -2.17. The number of benzene rings is 1. The zero-order valence-corrected chi connectivity index (χ0v) is 18.6. The van der Waals surface area contributed by atoms with Gasteiger partial charge in [-0.1, -0.05) is 31.8 Å². The van der Waals surface area contributed by atoms with Crippen LogP contribution >= 0.6 is 0 Å². The Hall–Kier alpha value is -2.04. The van der Waals surface area contributed by atoms with E-state index in [0.29, 0.717) is 29.0 Å². The molecule has 2 aromatic rings. The fourth-order valence-corrected chi connectivity index (χ4v) is 3.44. The van der Waals surface area contributed by atoms with Gasteiger partial charge in [-0.15, -0.1) is 0 Å². The molecule has 8 nitrogen and oxygen atoms in total. The Morgan fingerprint density at radius 2 is 1.86 bits per heavy atom. The molecule has 0 bridgehead atoms. The maximum absolute atomic E-state index is 12.6. The Labute approximate surface area is 172 Å². The minimum Gasteiger partial charge on any atom is -0.392 e. The smallest absolute Gasteiger partial charge is 0.291 e. The Bertz CT molecular complexity index is 832. The van der Waals surface area contributed by atoms with E-state index in [1.807, 2.05) is 0 Å². The second-order valence-electron chi connectivity index (χ2n) is 8.21. The molecule has 0 fully saturated rings. The molecule has 29 heavy (non-hydrogen) atoms. The van der Waals surface area contributed by atoms with Crippen molar-refractivity contribution in [3.8, 4) is 11.3 Å². The van der Waals surface area contributed by atoms with Crippen molar-refractivity contribution >= 4 is 14.0 Å². The summed E-state index contributed by atoms with van der Waals surface area (Å²) in [5.41, 5.74) is 2.51. The summed E-state index contributed by atoms with van der Waals surface area (Å²) in [7, 11) is 0.269. The van der Waals surface area contributed by atoms with Crippen molar-refractivity contribution in [1.82, 2.24) is 14.5 Å². The van der Waals surface area contributed by atoms with Gasteiger partial charge in [-0.3, -0.25) is 4.79 Å². The summed E-state index contributed by atoms with van der Waals surface area (Å²) < 4.78 is 7.41. The first-order valence-electron chi connectivity index (χ1n) is 9.55. The van der Waals surface area contributed by atoms with Crippen LogP contribution in [0, 0.1) is 0 Å². The molecule has 0 unspecified atom stereocenters. The fraction of sp³-hybridized carbons (Fsp3) is 0.500. The van der Waals surface area contributed by atoms with Gasteiger partial charge in [0.05, 0.1) is 18.9 Å². The van der Waals surface area contributed by atoms with Gasteiger partial charge < -0.3 is 29.5 Å². The lowest BCUT2D eigenvalue weighted by Crippen LogP contribution is -2.30. The third-order valence-electron chi connectivity index (χ3n) is 4.60. The highest BCUT2D eigenvalue weighted by molar-refractivity contribution is 6.76. The Kier molecular flexibility index (Phi) is 8.11. The van der Waals surface area contributed by atoms with Crippen LogP contribution in [-0.2, 0) is 24.7 Å². The van der Waals surface area contributed by atoms with Crippen molar-refractivity contribution < 1.29 is 24.9 Å². The molecule has 0 aliphatic heterocycles. The maximum Gasteiger partial charge on any atom is 0.291 e. The first kappa shape index (κ1) is 23.2. The molecule has 1 amide bonds. The third kappa shape index (κ3) is 6.22. The molecular weight excluding hydrogens is 390 g/mol. The van der Waals surface area contributed by atoms with Crippen molar-refractivity contribution in [3.05, 3.63) is 41.3 Å². The number of hydrogen-bond acceptors (Lipinski definition) is 6. The normalized spacial score (nSPS) is 11.7. The van der Waals surface area contributed by atoms with Gasteiger partial charge >= 0.3 is 0 Å². The van der Waals surface area contributed by atoms with E-state index in [0.717, 1.165) is 6.04 Å². The summed E-state index contributed by atoms with van der Waals surface area (Å²) in [4.78, 5) is 18.2. The molecule has 0 aliphatic rings. The van der Waals surface area contributed by atoms with Crippen LogP contribution in [0.5, 0.6) is 0 Å². The van der Waals surface area contributed by atoms with Crippen molar-refractivity contribution in [2.75, 3.05) is 20.4 Å². The molecule has 0 aliphatic carbocycles. The van der Waals surface area contributed by atoms with Gasteiger partial charge in [0.25, 0.3) is 5.91 Å². The first-order chi connectivity index (χ1) is 13.7. The lowest BCUT2D eigenvalue weighted by atomic mass is 10.0. The zero-order valence-electron chi connectivity index (χ0n) is 17.6. The molecule has 0 spiro atoms. The summed E-state index contributed by atoms with van der Waals surface area (Å²) in [5, 5.41) is 28.2. The van der Waals surface area contributed by atoms with Gasteiger partial charge in [-0.2, -0.15) is 0 Å². The summed E-state index contributed by atoms with van der Waals surface area (Å²) in [5.74, 6) is -0.247. The number of aliphatic hydroxyl groups is 3. The molecule has 0 saturated carbocycles. The van der Waals surface area contributed by atoms with Crippen molar-refractivity contribution in [1.29, 1.82) is 0 Å². The molecule has 3 N–H and O–H groups in total. The maximum atomic E-state index is 12.6. The van der Waals surface area contributed by atoms with E-state index >= 15 is 0 Å². The van der Waals surface area contributed by atoms with Crippen LogP contribution in [0.3, 0.4) is 0 Å². The Balaban J connectivity index is 2.32. The largest absolute Gasteiger partial charge is 0.392 e. The molecule has 1 aromatic heterocycles. The highest BCUT2D eigenvalue weighted by Crippen LogP contribution is 2.23. The fourth-order valence-electron chi connectivity index (χ4n) is 2.69. The molecule has 1 heterocycles. The standard InChI is InChI=1S/C20H31N3O5Si/c1-22(13-26)20(27)19-21-18(10-23(19)14-28-7-8-29(2,3)4)15-5-6-16(11-24)17(9-15)12-25/h5-6,9-10,24-26H,7-8,11-14H2,1-4H3. The number of aromatic nitrogens is 2. The van der Waals surface area contributed by atoms with Crippen LogP contribution in [-0.4, -0.2) is 64.1 Å². The predicted molar refractivity (Wildman–Crippen MR) is 113 cm³/mol. The van der Waals surface area contributed by atoms with Gasteiger partial charge in [0.1, 0.15) is 13.5 Å². The molecule has 0 radical (unpaired) electrons. The molecule has 9 heteroatoms. The van der Waals surface area contributed by atoms with E-state index in [9.17, 15) is 20.1 Å². The highest BCUT2D eigenvalue weighted by Gasteiger charge is 2.21. The highest BCUT2D eigenvalue weighted by atomic mass is 28.3. The Morgan fingerprint density at radius 1 is 1.17 bits per heavy atom. The molecule has 1 aromatic carbocycles. The Morgan fingerprint density at radius 3 is 2.45 bits per heavy atom. The van der Waals surface area contributed by atoms with Crippen molar-refractivity contribution in [3.63, 3.8) is 0 Å². The molecule has 0 atom stereocenters. The zero-order chi connectivity index (χ0) is 21.6. The van der Waals surface area contributed by atoms with Crippen LogP contribution in [0.2, 0.25) is 25.7 Å². The third-order valence-corrected chi connectivity index (χ3v) is 6.30. The topological polar surface area (TPSA) is 108 Å². The average Bonchev–Trinajstić information content (AvgIpc) is 3.12. The number of amides is 1. The van der Waals surface area contributed by atoms with Gasteiger partial charge in [0.15, 0.2) is 0 Å². The minimum absolute atomic E-state index is 0.166. The number of hydrogen-bond donors (Lipinski definition) is 3. The SMILES string of the molecule is CN(CO)C(=O)c1nc(-c2ccc(CO)c(CO)c2)cn1COCC[Si](C)(C)C. The summed E-state index contributed by atoms with van der Waals surface area (Å²) >= 11 is 0. The molecule has 160 valence electrons. The second-order valence-corrected chi connectivity index (χ2v) is 13.8. The number of imidazole rings is 1. The first-order valence-corrected chi connectivity index (χ1v) is 13.3. The minimum atomic E-state index is -1.22. The number of carbonyl (C=O) groups excluding carboxylic acids is 1.